The fourth-order valence-corrected chi connectivity index (χ4v) is 2.73. The maximum Gasteiger partial charge on any atom is -0.0235 e. The van der Waals surface area contributed by atoms with Gasteiger partial charge in [0.25, 0.3) is 0 Å². The molecule has 0 nitrogen and oxygen atoms in total. The van der Waals surface area contributed by atoms with Crippen molar-refractivity contribution in [1.29, 1.82) is 0 Å². The third-order valence-corrected chi connectivity index (χ3v) is 3.42. The summed E-state index contributed by atoms with van der Waals surface area (Å²) in [7, 11) is 0. The lowest BCUT2D eigenvalue weighted by atomic mass is 10.2. The molecule has 0 aromatic rings. The summed E-state index contributed by atoms with van der Waals surface area (Å²) in [5.74, 6) is 2.47. The van der Waals surface area contributed by atoms with Crippen LogP contribution in [0.25, 0.3) is 0 Å². The van der Waals surface area contributed by atoms with Crippen molar-refractivity contribution in [2.45, 2.75) is 25.7 Å². The quantitative estimate of drug-likeness (QED) is 0.429. The lowest BCUT2D eigenvalue weighted by molar-refractivity contribution is 0.677. The summed E-state index contributed by atoms with van der Waals surface area (Å²) >= 11 is 0. The van der Waals surface area contributed by atoms with Gasteiger partial charge in [0, 0.05) is 0 Å². The zero-order valence-electron chi connectivity index (χ0n) is 4.48. The molecule has 3 saturated carbocycles. The minimum absolute atomic E-state index is 1.03. The SMILES string of the molecule is C1C[C@H]2CC23C[C@H]13. The first-order chi connectivity index (χ1) is 3.42. The second kappa shape index (κ2) is 0.586. The molecular weight excluding hydrogens is 84.1 g/mol. The van der Waals surface area contributed by atoms with Crippen LogP contribution in [-0.4, -0.2) is 0 Å². The minimum Gasteiger partial charge on any atom is -0.0496 e. The van der Waals surface area contributed by atoms with Crippen LogP contribution in [0.3, 0.4) is 0 Å². The molecule has 0 heteroatoms. The molecule has 7 heavy (non-hydrogen) atoms. The summed E-state index contributed by atoms with van der Waals surface area (Å²) in [6.07, 6.45) is 6.42. The molecule has 2 atom stereocenters. The van der Waals surface area contributed by atoms with Crippen LogP contribution in [0.5, 0.6) is 0 Å². The van der Waals surface area contributed by atoms with Crippen molar-refractivity contribution >= 4 is 0 Å². The van der Waals surface area contributed by atoms with E-state index in [4.69, 9.17) is 0 Å². The standard InChI is InChI=1S/C7H10/c1-2-6-4-7(6)3-5(1)7/h5-6H,1-4H2/t5-,6-,7?/m0/s1. The van der Waals surface area contributed by atoms with Crippen LogP contribution < -0.4 is 0 Å². The van der Waals surface area contributed by atoms with Gasteiger partial charge in [-0.1, -0.05) is 0 Å². The zero-order chi connectivity index (χ0) is 4.48. The van der Waals surface area contributed by atoms with Gasteiger partial charge in [0.1, 0.15) is 0 Å². The summed E-state index contributed by atoms with van der Waals surface area (Å²) < 4.78 is 0. The molecule has 0 amide bonds. The minimum atomic E-state index is 1.03. The molecule has 0 heterocycles. The molecule has 0 radical (unpaired) electrons. The van der Waals surface area contributed by atoms with Crippen molar-refractivity contribution in [1.82, 2.24) is 0 Å². The first-order valence-electron chi connectivity index (χ1n) is 3.42. The average molecular weight is 94.2 g/mol. The third-order valence-electron chi connectivity index (χ3n) is 3.42. The Morgan fingerprint density at radius 3 is 1.71 bits per heavy atom. The molecule has 0 unspecified atom stereocenters. The fraction of sp³-hybridized carbons (Fsp3) is 1.00. The highest BCUT2D eigenvalue weighted by Crippen LogP contribution is 2.81. The summed E-state index contributed by atoms with van der Waals surface area (Å²) in [6, 6.07) is 0. The Balaban J connectivity index is 2.12. The summed E-state index contributed by atoms with van der Waals surface area (Å²) in [5.41, 5.74) is 1.03. The van der Waals surface area contributed by atoms with Crippen LogP contribution in [-0.2, 0) is 0 Å². The van der Waals surface area contributed by atoms with E-state index in [0.29, 0.717) is 0 Å². The van der Waals surface area contributed by atoms with Crippen molar-refractivity contribution in [2.24, 2.45) is 17.3 Å². The highest BCUT2D eigenvalue weighted by Gasteiger charge is 2.73. The Kier molecular flexibility index (Phi) is 0.260. The van der Waals surface area contributed by atoms with Crippen LogP contribution in [0.1, 0.15) is 25.7 Å². The van der Waals surface area contributed by atoms with Crippen LogP contribution in [0.4, 0.5) is 0 Å². The van der Waals surface area contributed by atoms with Gasteiger partial charge >= 0.3 is 0 Å². The first-order valence-corrected chi connectivity index (χ1v) is 3.42. The molecule has 0 saturated heterocycles. The molecule has 3 aliphatic rings. The van der Waals surface area contributed by atoms with Gasteiger partial charge in [0.2, 0.25) is 0 Å². The molecule has 3 rings (SSSR count). The lowest BCUT2D eigenvalue weighted by Gasteiger charge is -1.84. The van der Waals surface area contributed by atoms with E-state index in [2.05, 4.69) is 0 Å². The van der Waals surface area contributed by atoms with Crippen LogP contribution in [0.15, 0.2) is 0 Å². The molecule has 0 aliphatic heterocycles. The molecular formula is C7H10. The van der Waals surface area contributed by atoms with E-state index < -0.39 is 0 Å². The van der Waals surface area contributed by atoms with Gasteiger partial charge < -0.3 is 0 Å². The number of rotatable bonds is 0. The van der Waals surface area contributed by atoms with Crippen molar-refractivity contribution in [3.05, 3.63) is 0 Å². The van der Waals surface area contributed by atoms with E-state index >= 15 is 0 Å². The summed E-state index contributed by atoms with van der Waals surface area (Å²) in [5, 5.41) is 0. The maximum absolute atomic E-state index is 1.62. The molecule has 1 spiro atoms. The predicted molar refractivity (Wildman–Crippen MR) is 27.9 cm³/mol. The molecule has 0 N–H and O–H groups in total. The second-order valence-electron chi connectivity index (χ2n) is 3.61. The van der Waals surface area contributed by atoms with Gasteiger partial charge in [-0.05, 0) is 42.9 Å². The average Bonchev–Trinajstić information content (AvgIpc) is 2.49. The number of hydrogen-bond acceptors (Lipinski definition) is 0. The summed E-state index contributed by atoms with van der Waals surface area (Å²) in [6.45, 7) is 0. The lowest BCUT2D eigenvalue weighted by Crippen LogP contribution is -1.71. The van der Waals surface area contributed by atoms with Crippen molar-refractivity contribution in [3.63, 3.8) is 0 Å². The Morgan fingerprint density at radius 1 is 1.00 bits per heavy atom. The van der Waals surface area contributed by atoms with E-state index in [9.17, 15) is 0 Å². The monoisotopic (exact) mass is 94.1 g/mol. The van der Waals surface area contributed by atoms with E-state index in [1.165, 1.54) is 11.8 Å². The first kappa shape index (κ1) is 3.11. The number of hydrogen-bond donors (Lipinski definition) is 0. The normalized spacial score (nSPS) is 72.0. The van der Waals surface area contributed by atoms with Gasteiger partial charge in [-0.15, -0.1) is 0 Å². The summed E-state index contributed by atoms with van der Waals surface area (Å²) in [4.78, 5) is 0. The zero-order valence-corrected chi connectivity index (χ0v) is 4.48. The van der Waals surface area contributed by atoms with Crippen molar-refractivity contribution < 1.29 is 0 Å². The highest BCUT2D eigenvalue weighted by atomic mass is 14.8. The Hall–Kier alpha value is 0. The molecule has 0 aromatic carbocycles. The molecule has 38 valence electrons. The molecule has 0 bridgehead atoms. The van der Waals surface area contributed by atoms with E-state index in [1.807, 2.05) is 0 Å². The predicted octanol–water partition coefficient (Wildman–Crippen LogP) is 1.81. The van der Waals surface area contributed by atoms with E-state index in [-0.39, 0.29) is 0 Å². The van der Waals surface area contributed by atoms with Crippen LogP contribution in [0.2, 0.25) is 0 Å². The fourth-order valence-electron chi connectivity index (χ4n) is 2.73. The highest BCUT2D eigenvalue weighted by molar-refractivity contribution is 5.22. The van der Waals surface area contributed by atoms with Crippen molar-refractivity contribution in [2.75, 3.05) is 0 Å². The van der Waals surface area contributed by atoms with Gasteiger partial charge in [0.05, 0.1) is 0 Å². The topological polar surface area (TPSA) is 0 Å². The smallest absolute Gasteiger partial charge is 0.0235 e. The van der Waals surface area contributed by atoms with Crippen LogP contribution in [0, 0.1) is 17.3 Å². The molecule has 3 fully saturated rings. The Bertz CT molecular complexity index is 106. The largest absolute Gasteiger partial charge is 0.0496 e. The second-order valence-corrected chi connectivity index (χ2v) is 3.61. The van der Waals surface area contributed by atoms with Gasteiger partial charge in [-0.25, -0.2) is 0 Å². The maximum atomic E-state index is 1.62. The van der Waals surface area contributed by atoms with Gasteiger partial charge in [-0.2, -0.15) is 0 Å². The van der Waals surface area contributed by atoms with Crippen LogP contribution >= 0.6 is 0 Å². The van der Waals surface area contributed by atoms with E-state index in [0.717, 1.165) is 5.41 Å². The molecule has 3 aliphatic carbocycles. The Morgan fingerprint density at radius 2 is 1.57 bits per heavy atom. The molecule has 0 aromatic heterocycles. The van der Waals surface area contributed by atoms with E-state index in [1.54, 1.807) is 25.7 Å². The Labute approximate surface area is 43.9 Å². The van der Waals surface area contributed by atoms with Gasteiger partial charge in [-0.3, -0.25) is 0 Å². The van der Waals surface area contributed by atoms with Gasteiger partial charge in [0.15, 0.2) is 0 Å². The van der Waals surface area contributed by atoms with Crippen molar-refractivity contribution in [3.8, 4) is 0 Å². The third kappa shape index (κ3) is 0.181.